The molecule has 0 amide bonds. The molecule has 3 nitrogen and oxygen atoms in total. The second kappa shape index (κ2) is 4.43. The van der Waals surface area contributed by atoms with Crippen molar-refractivity contribution in [2.45, 2.75) is 33.3 Å². The molecule has 0 bridgehead atoms. The van der Waals surface area contributed by atoms with Gasteiger partial charge in [0, 0.05) is 5.39 Å². The number of hydrogen-bond acceptors (Lipinski definition) is 2. The highest BCUT2D eigenvalue weighted by Gasteiger charge is 2.21. The van der Waals surface area contributed by atoms with Crippen LogP contribution in [-0.2, 0) is 4.74 Å². The number of carbonyl (C=O) groups is 1. The van der Waals surface area contributed by atoms with Crippen LogP contribution in [0.25, 0.3) is 10.9 Å². The van der Waals surface area contributed by atoms with Crippen molar-refractivity contribution in [3.8, 4) is 0 Å². The van der Waals surface area contributed by atoms with E-state index < -0.39 is 5.60 Å². The average molecular weight is 310 g/mol. The van der Waals surface area contributed by atoms with Crippen LogP contribution in [0.15, 0.2) is 28.9 Å². The molecule has 1 aromatic heterocycles. The predicted octanol–water partition coefficient (Wildman–Crippen LogP) is 4.50. The molecule has 1 aromatic carbocycles. The molecule has 18 heavy (non-hydrogen) atoms. The van der Waals surface area contributed by atoms with Gasteiger partial charge in [-0.25, -0.2) is 9.36 Å². The summed E-state index contributed by atoms with van der Waals surface area (Å²) >= 11 is 3.41. The maximum Gasteiger partial charge on any atom is 0.419 e. The minimum atomic E-state index is -0.503. The van der Waals surface area contributed by atoms with Crippen LogP contribution in [0.1, 0.15) is 26.3 Å². The standard InChI is InChI=1S/C14H16BrNO2/c1-9-6-5-7-11-10(9)8-12(15)16(11)13(17)18-14(2,3)4/h5-8H,1-4H3. The first-order valence-electron chi connectivity index (χ1n) is 5.79. The molecule has 0 atom stereocenters. The number of hydrogen-bond donors (Lipinski definition) is 0. The molecule has 4 heteroatoms. The summed E-state index contributed by atoms with van der Waals surface area (Å²) in [5, 5.41) is 1.05. The fraction of sp³-hybridized carbons (Fsp3) is 0.357. The minimum absolute atomic E-state index is 0.366. The van der Waals surface area contributed by atoms with Gasteiger partial charge < -0.3 is 4.74 Å². The van der Waals surface area contributed by atoms with E-state index in [0.717, 1.165) is 16.5 Å². The van der Waals surface area contributed by atoms with Gasteiger partial charge in [-0.3, -0.25) is 0 Å². The molecule has 2 aromatic rings. The van der Waals surface area contributed by atoms with E-state index in [1.165, 1.54) is 0 Å². The summed E-state index contributed by atoms with van der Waals surface area (Å²) in [6, 6.07) is 7.81. The second-order valence-corrected chi connectivity index (χ2v) is 6.10. The van der Waals surface area contributed by atoms with Crippen molar-refractivity contribution in [2.24, 2.45) is 0 Å². The summed E-state index contributed by atoms with van der Waals surface area (Å²) in [6.07, 6.45) is -0.366. The van der Waals surface area contributed by atoms with Crippen molar-refractivity contribution in [3.63, 3.8) is 0 Å². The Morgan fingerprint density at radius 1 is 1.33 bits per heavy atom. The van der Waals surface area contributed by atoms with E-state index in [-0.39, 0.29) is 6.09 Å². The van der Waals surface area contributed by atoms with Crippen LogP contribution in [0.5, 0.6) is 0 Å². The molecule has 2 rings (SSSR count). The van der Waals surface area contributed by atoms with Gasteiger partial charge in [-0.15, -0.1) is 0 Å². The molecule has 0 spiro atoms. The monoisotopic (exact) mass is 309 g/mol. The number of aryl methyl sites for hydroxylation is 1. The molecule has 0 aliphatic heterocycles. The first-order valence-corrected chi connectivity index (χ1v) is 6.59. The number of nitrogens with zero attached hydrogens (tertiary/aromatic N) is 1. The number of carbonyl (C=O) groups excluding carboxylic acids is 1. The van der Waals surface area contributed by atoms with Gasteiger partial charge in [0.25, 0.3) is 0 Å². The van der Waals surface area contributed by atoms with Gasteiger partial charge in [-0.1, -0.05) is 12.1 Å². The molecule has 0 fully saturated rings. The third-order valence-electron chi connectivity index (χ3n) is 2.60. The number of ether oxygens (including phenoxy) is 1. The van der Waals surface area contributed by atoms with Crippen LogP contribution in [0, 0.1) is 6.92 Å². The molecule has 0 radical (unpaired) electrons. The number of aromatic nitrogens is 1. The van der Waals surface area contributed by atoms with Crippen LogP contribution < -0.4 is 0 Å². The topological polar surface area (TPSA) is 31.2 Å². The SMILES string of the molecule is Cc1cccc2c1cc(Br)n2C(=O)OC(C)(C)C. The van der Waals surface area contributed by atoms with Crippen LogP contribution in [0.3, 0.4) is 0 Å². The van der Waals surface area contributed by atoms with Crippen molar-refractivity contribution in [2.75, 3.05) is 0 Å². The maximum atomic E-state index is 12.2. The molecule has 0 saturated carbocycles. The zero-order valence-electron chi connectivity index (χ0n) is 11.0. The Hall–Kier alpha value is -1.29. The van der Waals surface area contributed by atoms with Gasteiger partial charge in [-0.05, 0) is 61.3 Å². The lowest BCUT2D eigenvalue weighted by Gasteiger charge is -2.20. The van der Waals surface area contributed by atoms with Crippen molar-refractivity contribution in [1.82, 2.24) is 4.57 Å². The molecule has 0 N–H and O–H groups in total. The molecule has 1 heterocycles. The van der Waals surface area contributed by atoms with E-state index >= 15 is 0 Å². The fourth-order valence-corrected chi connectivity index (χ4v) is 2.40. The fourth-order valence-electron chi connectivity index (χ4n) is 1.84. The van der Waals surface area contributed by atoms with E-state index in [1.807, 2.05) is 52.0 Å². The van der Waals surface area contributed by atoms with Crippen molar-refractivity contribution >= 4 is 32.9 Å². The van der Waals surface area contributed by atoms with E-state index in [9.17, 15) is 4.79 Å². The lowest BCUT2D eigenvalue weighted by atomic mass is 10.1. The molecule has 0 aliphatic carbocycles. The van der Waals surface area contributed by atoms with Gasteiger partial charge in [0.1, 0.15) is 5.60 Å². The minimum Gasteiger partial charge on any atom is -0.443 e. The summed E-state index contributed by atoms with van der Waals surface area (Å²) in [6.45, 7) is 7.59. The van der Waals surface area contributed by atoms with Crippen molar-refractivity contribution in [3.05, 3.63) is 34.4 Å². The maximum absolute atomic E-state index is 12.2. The number of rotatable bonds is 0. The summed E-state index contributed by atoms with van der Waals surface area (Å²) in [5.41, 5.74) is 1.49. The highest BCUT2D eigenvalue weighted by Crippen LogP contribution is 2.27. The first-order chi connectivity index (χ1) is 8.29. The van der Waals surface area contributed by atoms with Gasteiger partial charge in [0.05, 0.1) is 10.1 Å². The lowest BCUT2D eigenvalue weighted by Crippen LogP contribution is -2.27. The molecule has 0 unspecified atom stereocenters. The van der Waals surface area contributed by atoms with E-state index in [4.69, 9.17) is 4.74 Å². The smallest absolute Gasteiger partial charge is 0.419 e. The van der Waals surface area contributed by atoms with E-state index in [0.29, 0.717) is 4.60 Å². The number of halogens is 1. The van der Waals surface area contributed by atoms with Crippen LogP contribution in [0.4, 0.5) is 4.79 Å². The Morgan fingerprint density at radius 3 is 2.61 bits per heavy atom. The Kier molecular flexibility index (Phi) is 3.23. The van der Waals surface area contributed by atoms with Gasteiger partial charge in [0.15, 0.2) is 0 Å². The quantitative estimate of drug-likeness (QED) is 0.717. The zero-order valence-corrected chi connectivity index (χ0v) is 12.5. The Balaban J connectivity index is 2.54. The third-order valence-corrected chi connectivity index (χ3v) is 3.18. The van der Waals surface area contributed by atoms with Crippen molar-refractivity contribution < 1.29 is 9.53 Å². The van der Waals surface area contributed by atoms with Crippen LogP contribution in [-0.4, -0.2) is 16.3 Å². The molecule has 0 saturated heterocycles. The summed E-state index contributed by atoms with van der Waals surface area (Å²) < 4.78 is 7.66. The van der Waals surface area contributed by atoms with Gasteiger partial charge in [-0.2, -0.15) is 0 Å². The molecule has 0 aliphatic rings. The predicted molar refractivity (Wildman–Crippen MR) is 76.0 cm³/mol. The largest absolute Gasteiger partial charge is 0.443 e. The molecular formula is C14H16BrNO2. The highest BCUT2D eigenvalue weighted by molar-refractivity contribution is 9.10. The number of fused-ring (bicyclic) bond motifs is 1. The van der Waals surface area contributed by atoms with Crippen molar-refractivity contribution in [1.29, 1.82) is 0 Å². The Morgan fingerprint density at radius 2 is 2.00 bits per heavy atom. The van der Waals surface area contributed by atoms with Gasteiger partial charge >= 0.3 is 6.09 Å². The van der Waals surface area contributed by atoms with E-state index in [2.05, 4.69) is 15.9 Å². The molecule has 96 valence electrons. The lowest BCUT2D eigenvalue weighted by molar-refractivity contribution is 0.0541. The first kappa shape index (κ1) is 13.1. The van der Waals surface area contributed by atoms with E-state index in [1.54, 1.807) is 4.57 Å². The van der Waals surface area contributed by atoms with Gasteiger partial charge in [0.2, 0.25) is 0 Å². The number of benzene rings is 1. The Bertz CT molecular complexity index is 608. The van der Waals surface area contributed by atoms with Crippen LogP contribution >= 0.6 is 15.9 Å². The summed E-state index contributed by atoms with van der Waals surface area (Å²) in [5.74, 6) is 0. The summed E-state index contributed by atoms with van der Waals surface area (Å²) in [7, 11) is 0. The highest BCUT2D eigenvalue weighted by atomic mass is 79.9. The zero-order chi connectivity index (χ0) is 13.5. The summed E-state index contributed by atoms with van der Waals surface area (Å²) in [4.78, 5) is 12.2. The third kappa shape index (κ3) is 2.43. The molecular weight excluding hydrogens is 294 g/mol. The average Bonchev–Trinajstić information content (AvgIpc) is 2.53. The Labute approximate surface area is 115 Å². The normalized spacial score (nSPS) is 11.8. The second-order valence-electron chi connectivity index (χ2n) is 5.29. The van der Waals surface area contributed by atoms with Crippen LogP contribution in [0.2, 0.25) is 0 Å².